The van der Waals surface area contributed by atoms with Gasteiger partial charge in [0.25, 0.3) is 0 Å². The standard InChI is InChI=1S/C20H28N2O4/c1-25-16-5-7-17(8-6-16)26-18-9-13-22(14-10-18)20(24)11-15-21-12-3-2-4-19(21)23/h5-8,18H,2-4,9-15H2,1H3. The molecule has 2 heterocycles. The van der Waals surface area contributed by atoms with Crippen LogP contribution in [0, 0.1) is 0 Å². The molecule has 0 unspecified atom stereocenters. The van der Waals surface area contributed by atoms with Crippen LogP contribution in [0.1, 0.15) is 38.5 Å². The van der Waals surface area contributed by atoms with E-state index in [2.05, 4.69) is 0 Å². The zero-order valence-corrected chi connectivity index (χ0v) is 15.5. The largest absolute Gasteiger partial charge is 0.497 e. The number of methoxy groups -OCH3 is 1. The summed E-state index contributed by atoms with van der Waals surface area (Å²) in [5.74, 6) is 1.98. The fourth-order valence-electron chi connectivity index (χ4n) is 3.56. The molecule has 142 valence electrons. The van der Waals surface area contributed by atoms with E-state index in [1.54, 1.807) is 7.11 Å². The summed E-state index contributed by atoms with van der Waals surface area (Å²) in [6.45, 7) is 2.78. The summed E-state index contributed by atoms with van der Waals surface area (Å²) in [5, 5.41) is 0. The lowest BCUT2D eigenvalue weighted by molar-refractivity contribution is -0.136. The Labute approximate surface area is 155 Å². The van der Waals surface area contributed by atoms with Gasteiger partial charge in [-0.1, -0.05) is 0 Å². The van der Waals surface area contributed by atoms with Gasteiger partial charge in [0.2, 0.25) is 11.8 Å². The molecule has 0 N–H and O–H groups in total. The second-order valence-electron chi connectivity index (χ2n) is 6.96. The molecule has 6 nitrogen and oxygen atoms in total. The number of carbonyl (C=O) groups excluding carboxylic acids is 2. The third kappa shape index (κ3) is 4.90. The molecular weight excluding hydrogens is 332 g/mol. The van der Waals surface area contributed by atoms with Gasteiger partial charge in [0, 0.05) is 51.9 Å². The van der Waals surface area contributed by atoms with Crippen LogP contribution in [-0.4, -0.2) is 61.0 Å². The molecule has 2 aliphatic rings. The van der Waals surface area contributed by atoms with Crippen LogP contribution in [0.3, 0.4) is 0 Å². The Hall–Kier alpha value is -2.24. The van der Waals surface area contributed by atoms with Gasteiger partial charge in [0.1, 0.15) is 17.6 Å². The molecule has 0 atom stereocenters. The van der Waals surface area contributed by atoms with Crippen molar-refractivity contribution in [2.24, 2.45) is 0 Å². The van der Waals surface area contributed by atoms with Gasteiger partial charge in [0.05, 0.1) is 7.11 Å². The molecule has 2 amide bonds. The quantitative estimate of drug-likeness (QED) is 0.782. The normalized spacial score (nSPS) is 18.7. The summed E-state index contributed by atoms with van der Waals surface area (Å²) in [5.41, 5.74) is 0. The van der Waals surface area contributed by atoms with Crippen LogP contribution in [-0.2, 0) is 9.59 Å². The summed E-state index contributed by atoms with van der Waals surface area (Å²) in [6.07, 6.45) is 4.88. The molecule has 1 aromatic rings. The zero-order valence-electron chi connectivity index (χ0n) is 15.5. The number of ether oxygens (including phenoxy) is 2. The zero-order chi connectivity index (χ0) is 18.4. The average Bonchev–Trinajstić information content (AvgIpc) is 2.68. The maximum atomic E-state index is 12.4. The van der Waals surface area contributed by atoms with Gasteiger partial charge in [0.15, 0.2) is 0 Å². The lowest BCUT2D eigenvalue weighted by atomic mass is 10.1. The fraction of sp³-hybridized carbons (Fsp3) is 0.600. The number of rotatable bonds is 6. The minimum atomic E-state index is 0.135. The molecule has 1 aromatic carbocycles. The van der Waals surface area contributed by atoms with Crippen molar-refractivity contribution in [3.05, 3.63) is 24.3 Å². The van der Waals surface area contributed by atoms with E-state index in [-0.39, 0.29) is 17.9 Å². The Morgan fingerprint density at radius 3 is 2.42 bits per heavy atom. The van der Waals surface area contributed by atoms with E-state index in [0.29, 0.717) is 32.5 Å². The molecule has 0 saturated carbocycles. The summed E-state index contributed by atoms with van der Waals surface area (Å²) in [6, 6.07) is 7.59. The van der Waals surface area contributed by atoms with Crippen molar-refractivity contribution in [3.8, 4) is 11.5 Å². The number of nitrogens with zero attached hydrogens (tertiary/aromatic N) is 2. The van der Waals surface area contributed by atoms with Crippen molar-refractivity contribution >= 4 is 11.8 Å². The molecule has 2 saturated heterocycles. The minimum Gasteiger partial charge on any atom is -0.497 e. The molecule has 6 heteroatoms. The van der Waals surface area contributed by atoms with E-state index >= 15 is 0 Å². The van der Waals surface area contributed by atoms with Crippen molar-refractivity contribution in [2.75, 3.05) is 33.3 Å². The molecule has 0 bridgehead atoms. The predicted octanol–water partition coefficient (Wildman–Crippen LogP) is 2.47. The van der Waals surface area contributed by atoms with E-state index in [0.717, 1.165) is 43.7 Å². The maximum Gasteiger partial charge on any atom is 0.224 e. The molecule has 2 aliphatic heterocycles. The van der Waals surface area contributed by atoms with Crippen LogP contribution in [0.25, 0.3) is 0 Å². The van der Waals surface area contributed by atoms with Gasteiger partial charge in [-0.3, -0.25) is 9.59 Å². The Bertz CT molecular complexity index is 609. The molecule has 0 radical (unpaired) electrons. The number of benzene rings is 1. The molecule has 0 spiro atoms. The van der Waals surface area contributed by atoms with Crippen LogP contribution in [0.2, 0.25) is 0 Å². The number of carbonyl (C=O) groups is 2. The van der Waals surface area contributed by atoms with Crippen LogP contribution in [0.5, 0.6) is 11.5 Å². The SMILES string of the molecule is COc1ccc(OC2CCN(C(=O)CCN3CCCCC3=O)CC2)cc1. The highest BCUT2D eigenvalue weighted by Gasteiger charge is 2.25. The first-order valence-electron chi connectivity index (χ1n) is 9.52. The minimum absolute atomic E-state index is 0.135. The maximum absolute atomic E-state index is 12.4. The summed E-state index contributed by atoms with van der Waals surface area (Å²) in [7, 11) is 1.64. The average molecular weight is 360 g/mol. The van der Waals surface area contributed by atoms with E-state index in [9.17, 15) is 9.59 Å². The van der Waals surface area contributed by atoms with Gasteiger partial charge in [-0.15, -0.1) is 0 Å². The van der Waals surface area contributed by atoms with Crippen molar-refractivity contribution < 1.29 is 19.1 Å². The number of likely N-dealkylation sites (tertiary alicyclic amines) is 2. The third-order valence-corrected chi connectivity index (χ3v) is 5.17. The molecular formula is C20H28N2O4. The van der Waals surface area contributed by atoms with E-state index < -0.39 is 0 Å². The van der Waals surface area contributed by atoms with Crippen LogP contribution in [0.15, 0.2) is 24.3 Å². The Kier molecular flexibility index (Phi) is 6.36. The smallest absolute Gasteiger partial charge is 0.224 e. The van der Waals surface area contributed by atoms with Crippen molar-refractivity contribution in [1.29, 1.82) is 0 Å². The first-order valence-corrected chi connectivity index (χ1v) is 9.52. The number of hydrogen-bond acceptors (Lipinski definition) is 4. The van der Waals surface area contributed by atoms with E-state index in [4.69, 9.17) is 9.47 Å². The summed E-state index contributed by atoms with van der Waals surface area (Å²) in [4.78, 5) is 28.0. The van der Waals surface area contributed by atoms with Gasteiger partial charge >= 0.3 is 0 Å². The first kappa shape index (κ1) is 18.5. The Balaban J connectivity index is 1.39. The molecule has 26 heavy (non-hydrogen) atoms. The second-order valence-corrected chi connectivity index (χ2v) is 6.96. The molecule has 2 fully saturated rings. The van der Waals surface area contributed by atoms with Crippen molar-refractivity contribution in [1.82, 2.24) is 9.80 Å². The van der Waals surface area contributed by atoms with Gasteiger partial charge in [-0.2, -0.15) is 0 Å². The van der Waals surface area contributed by atoms with Gasteiger partial charge < -0.3 is 19.3 Å². The molecule has 3 rings (SSSR count). The van der Waals surface area contributed by atoms with Crippen molar-refractivity contribution in [3.63, 3.8) is 0 Å². The Morgan fingerprint density at radius 1 is 1.08 bits per heavy atom. The summed E-state index contributed by atoms with van der Waals surface area (Å²) < 4.78 is 11.2. The fourth-order valence-corrected chi connectivity index (χ4v) is 3.56. The highest BCUT2D eigenvalue weighted by Crippen LogP contribution is 2.22. The highest BCUT2D eigenvalue weighted by molar-refractivity contribution is 5.79. The predicted molar refractivity (Wildman–Crippen MR) is 98.3 cm³/mol. The Morgan fingerprint density at radius 2 is 1.77 bits per heavy atom. The lowest BCUT2D eigenvalue weighted by Crippen LogP contribution is -2.43. The monoisotopic (exact) mass is 360 g/mol. The summed E-state index contributed by atoms with van der Waals surface area (Å²) >= 11 is 0. The van der Waals surface area contributed by atoms with E-state index in [1.165, 1.54) is 0 Å². The first-order chi connectivity index (χ1) is 12.7. The highest BCUT2D eigenvalue weighted by atomic mass is 16.5. The second kappa shape index (κ2) is 8.92. The topological polar surface area (TPSA) is 59.1 Å². The van der Waals surface area contributed by atoms with Crippen LogP contribution < -0.4 is 9.47 Å². The third-order valence-electron chi connectivity index (χ3n) is 5.17. The van der Waals surface area contributed by atoms with Crippen molar-refractivity contribution in [2.45, 2.75) is 44.6 Å². The lowest BCUT2D eigenvalue weighted by Gasteiger charge is -2.33. The number of hydrogen-bond donors (Lipinski definition) is 0. The number of piperidine rings is 2. The van der Waals surface area contributed by atoms with Crippen LogP contribution >= 0.6 is 0 Å². The van der Waals surface area contributed by atoms with Gasteiger partial charge in [-0.05, 0) is 37.1 Å². The van der Waals surface area contributed by atoms with Crippen LogP contribution in [0.4, 0.5) is 0 Å². The molecule has 0 aliphatic carbocycles. The van der Waals surface area contributed by atoms with E-state index in [1.807, 2.05) is 34.1 Å². The van der Waals surface area contributed by atoms with Gasteiger partial charge in [-0.25, -0.2) is 0 Å². The number of amides is 2. The molecule has 0 aromatic heterocycles.